The average Bonchev–Trinajstić information content (AvgIpc) is 2.81. The summed E-state index contributed by atoms with van der Waals surface area (Å²) in [6.45, 7) is 0. The van der Waals surface area contributed by atoms with Gasteiger partial charge >= 0.3 is 0 Å². The highest BCUT2D eigenvalue weighted by Crippen LogP contribution is 2.26. The van der Waals surface area contributed by atoms with Gasteiger partial charge in [0.15, 0.2) is 0 Å². The van der Waals surface area contributed by atoms with Crippen LogP contribution < -0.4 is 4.90 Å². The van der Waals surface area contributed by atoms with Crippen molar-refractivity contribution in [3.8, 4) is 6.07 Å². The smallest absolute Gasteiger partial charge is 0.209 e. The van der Waals surface area contributed by atoms with E-state index < -0.39 is 0 Å². The SMILES string of the molecule is CN(c1ncns1)c1ccccc1C#N. The first-order valence-electron chi connectivity index (χ1n) is 4.32. The Kier molecular flexibility index (Phi) is 2.61. The minimum atomic E-state index is 0.634. The third-order valence-corrected chi connectivity index (χ3v) is 2.76. The van der Waals surface area contributed by atoms with Crippen molar-refractivity contribution in [1.82, 2.24) is 9.36 Å². The van der Waals surface area contributed by atoms with Crippen LogP contribution in [0.3, 0.4) is 0 Å². The first kappa shape index (κ1) is 9.62. The third kappa shape index (κ3) is 1.80. The lowest BCUT2D eigenvalue weighted by atomic mass is 10.2. The Bertz CT molecular complexity index is 486. The van der Waals surface area contributed by atoms with E-state index >= 15 is 0 Å². The summed E-state index contributed by atoms with van der Waals surface area (Å²) in [5, 5.41) is 9.73. The molecule has 0 fully saturated rings. The third-order valence-electron chi connectivity index (χ3n) is 2.02. The molecule has 0 bridgehead atoms. The summed E-state index contributed by atoms with van der Waals surface area (Å²) in [7, 11) is 1.87. The molecular weight excluding hydrogens is 208 g/mol. The molecule has 2 aromatic rings. The molecule has 0 saturated heterocycles. The molecule has 5 heteroatoms. The highest BCUT2D eigenvalue weighted by Gasteiger charge is 2.10. The normalized spacial score (nSPS) is 9.60. The number of nitrogens with zero attached hydrogens (tertiary/aromatic N) is 4. The minimum absolute atomic E-state index is 0.634. The average molecular weight is 216 g/mol. The molecule has 2 rings (SSSR count). The van der Waals surface area contributed by atoms with Crippen LogP contribution in [0.1, 0.15) is 5.56 Å². The van der Waals surface area contributed by atoms with E-state index in [1.54, 1.807) is 6.07 Å². The van der Waals surface area contributed by atoms with Gasteiger partial charge in [0.1, 0.15) is 12.4 Å². The fourth-order valence-corrected chi connectivity index (χ4v) is 1.78. The van der Waals surface area contributed by atoms with Crippen molar-refractivity contribution in [2.24, 2.45) is 0 Å². The number of hydrogen-bond donors (Lipinski definition) is 0. The molecule has 1 aromatic carbocycles. The summed E-state index contributed by atoms with van der Waals surface area (Å²) in [4.78, 5) is 5.95. The van der Waals surface area contributed by atoms with Gasteiger partial charge in [0.05, 0.1) is 11.3 Å². The number of nitriles is 1. The molecule has 15 heavy (non-hydrogen) atoms. The lowest BCUT2D eigenvalue weighted by Gasteiger charge is -2.16. The molecule has 1 heterocycles. The van der Waals surface area contributed by atoms with Crippen molar-refractivity contribution in [3.63, 3.8) is 0 Å². The first-order chi connectivity index (χ1) is 7.33. The lowest BCUT2D eigenvalue weighted by Crippen LogP contribution is -2.10. The molecule has 0 saturated carbocycles. The van der Waals surface area contributed by atoms with Crippen LogP contribution in [0.5, 0.6) is 0 Å². The summed E-state index contributed by atoms with van der Waals surface area (Å²) < 4.78 is 3.93. The molecule has 74 valence electrons. The van der Waals surface area contributed by atoms with Crippen molar-refractivity contribution >= 4 is 22.4 Å². The highest BCUT2D eigenvalue weighted by atomic mass is 32.1. The van der Waals surface area contributed by atoms with Gasteiger partial charge in [0.25, 0.3) is 0 Å². The van der Waals surface area contributed by atoms with Crippen LogP contribution in [0.2, 0.25) is 0 Å². The summed E-state index contributed by atoms with van der Waals surface area (Å²) in [6, 6.07) is 9.57. The van der Waals surface area contributed by atoms with Gasteiger partial charge in [-0.05, 0) is 12.1 Å². The Hall–Kier alpha value is -1.93. The van der Waals surface area contributed by atoms with Crippen LogP contribution in [-0.2, 0) is 0 Å². The predicted molar refractivity (Wildman–Crippen MR) is 59.1 cm³/mol. The van der Waals surface area contributed by atoms with Gasteiger partial charge < -0.3 is 4.90 Å². The van der Waals surface area contributed by atoms with Crippen molar-refractivity contribution in [2.45, 2.75) is 0 Å². The molecule has 0 spiro atoms. The summed E-state index contributed by atoms with van der Waals surface area (Å²) in [5.74, 6) is 0. The maximum atomic E-state index is 8.96. The van der Waals surface area contributed by atoms with Crippen molar-refractivity contribution in [2.75, 3.05) is 11.9 Å². The fourth-order valence-electron chi connectivity index (χ4n) is 1.28. The number of para-hydroxylation sites is 1. The van der Waals surface area contributed by atoms with Gasteiger partial charge in [-0.2, -0.15) is 9.64 Å². The van der Waals surface area contributed by atoms with E-state index in [1.807, 2.05) is 30.1 Å². The van der Waals surface area contributed by atoms with Gasteiger partial charge in [-0.25, -0.2) is 4.98 Å². The highest BCUT2D eigenvalue weighted by molar-refractivity contribution is 7.09. The van der Waals surface area contributed by atoms with E-state index in [0.29, 0.717) is 5.56 Å². The fraction of sp³-hybridized carbons (Fsp3) is 0.100. The zero-order valence-corrected chi connectivity index (χ0v) is 8.90. The summed E-state index contributed by atoms with van der Waals surface area (Å²) >= 11 is 1.30. The topological polar surface area (TPSA) is 52.8 Å². The van der Waals surface area contributed by atoms with E-state index in [2.05, 4.69) is 15.4 Å². The lowest BCUT2D eigenvalue weighted by molar-refractivity contribution is 1.16. The molecule has 0 aliphatic rings. The maximum absolute atomic E-state index is 8.96. The maximum Gasteiger partial charge on any atom is 0.209 e. The minimum Gasteiger partial charge on any atom is -0.318 e. The van der Waals surface area contributed by atoms with Crippen LogP contribution in [0.15, 0.2) is 30.6 Å². The van der Waals surface area contributed by atoms with Crippen LogP contribution in [0.4, 0.5) is 10.8 Å². The number of rotatable bonds is 2. The molecule has 4 nitrogen and oxygen atoms in total. The zero-order chi connectivity index (χ0) is 10.7. The second kappa shape index (κ2) is 4.07. The van der Waals surface area contributed by atoms with Crippen molar-refractivity contribution in [3.05, 3.63) is 36.2 Å². The van der Waals surface area contributed by atoms with Crippen molar-refractivity contribution in [1.29, 1.82) is 5.26 Å². The molecule has 0 unspecified atom stereocenters. The number of aromatic nitrogens is 2. The molecule has 0 N–H and O–H groups in total. The van der Waals surface area contributed by atoms with E-state index in [9.17, 15) is 0 Å². The predicted octanol–water partition coefficient (Wildman–Crippen LogP) is 2.18. The molecule has 0 aliphatic carbocycles. The second-order valence-corrected chi connectivity index (χ2v) is 3.67. The Balaban J connectivity index is 2.42. The van der Waals surface area contributed by atoms with Gasteiger partial charge in [-0.3, -0.25) is 0 Å². The standard InChI is InChI=1S/C10H8N4S/c1-14(10-12-7-13-15-10)9-5-3-2-4-8(9)6-11/h2-5,7H,1H3. The molecule has 0 radical (unpaired) electrons. The summed E-state index contributed by atoms with van der Waals surface area (Å²) in [6.07, 6.45) is 1.51. The largest absolute Gasteiger partial charge is 0.318 e. The van der Waals surface area contributed by atoms with Gasteiger partial charge in [0.2, 0.25) is 5.13 Å². The second-order valence-electron chi connectivity index (χ2n) is 2.91. The van der Waals surface area contributed by atoms with E-state index in [1.165, 1.54) is 17.9 Å². The molecule has 0 aliphatic heterocycles. The number of hydrogen-bond acceptors (Lipinski definition) is 5. The van der Waals surface area contributed by atoms with E-state index in [-0.39, 0.29) is 0 Å². The molecule has 1 aromatic heterocycles. The van der Waals surface area contributed by atoms with Crippen LogP contribution in [0, 0.1) is 11.3 Å². The summed E-state index contributed by atoms with van der Waals surface area (Å²) in [5.41, 5.74) is 1.48. The monoisotopic (exact) mass is 216 g/mol. The molecular formula is C10H8N4S. The van der Waals surface area contributed by atoms with Gasteiger partial charge in [-0.15, -0.1) is 0 Å². The number of anilines is 2. The van der Waals surface area contributed by atoms with Crippen molar-refractivity contribution < 1.29 is 0 Å². The van der Waals surface area contributed by atoms with Crippen LogP contribution >= 0.6 is 11.5 Å². The number of benzene rings is 1. The molecule has 0 atom stereocenters. The first-order valence-corrected chi connectivity index (χ1v) is 5.10. The Morgan fingerprint density at radius 1 is 1.40 bits per heavy atom. The van der Waals surface area contributed by atoms with E-state index in [4.69, 9.17) is 5.26 Å². The Morgan fingerprint density at radius 3 is 2.87 bits per heavy atom. The van der Waals surface area contributed by atoms with Crippen LogP contribution in [-0.4, -0.2) is 16.4 Å². The molecule has 0 amide bonds. The van der Waals surface area contributed by atoms with Gasteiger partial charge in [0, 0.05) is 18.6 Å². The van der Waals surface area contributed by atoms with Gasteiger partial charge in [-0.1, -0.05) is 12.1 Å². The van der Waals surface area contributed by atoms with E-state index in [0.717, 1.165) is 10.8 Å². The van der Waals surface area contributed by atoms with Crippen LogP contribution in [0.25, 0.3) is 0 Å². The quantitative estimate of drug-likeness (QED) is 0.772. The zero-order valence-electron chi connectivity index (χ0n) is 8.08. The Labute approximate surface area is 91.6 Å². The Morgan fingerprint density at radius 2 is 2.20 bits per heavy atom.